The minimum Gasteiger partial charge on any atom is -0.492 e. The summed E-state index contributed by atoms with van der Waals surface area (Å²) in [5.41, 5.74) is 6.36. The van der Waals surface area contributed by atoms with Gasteiger partial charge in [0.05, 0.1) is 11.6 Å². The summed E-state index contributed by atoms with van der Waals surface area (Å²) in [4.78, 5) is 2.57. The van der Waals surface area contributed by atoms with Gasteiger partial charge < -0.3 is 15.6 Å². The maximum absolute atomic E-state index is 9.28. The smallest absolute Gasteiger partial charge is 0.119 e. The van der Waals surface area contributed by atoms with Crippen LogP contribution in [0.2, 0.25) is 0 Å². The number of nitrogens with two attached hydrogens (primary N) is 1. The lowest BCUT2D eigenvalue weighted by Gasteiger charge is -2.33. The lowest BCUT2D eigenvalue weighted by atomic mass is 10.1. The van der Waals surface area contributed by atoms with Crippen molar-refractivity contribution in [3.8, 4) is 5.75 Å². The molecule has 1 aromatic rings. The Kier molecular flexibility index (Phi) is 6.39. The van der Waals surface area contributed by atoms with E-state index in [4.69, 9.17) is 22.7 Å². The van der Waals surface area contributed by atoms with Crippen LogP contribution < -0.4 is 10.5 Å². The van der Waals surface area contributed by atoms with Crippen LogP contribution in [0.3, 0.4) is 0 Å². The van der Waals surface area contributed by atoms with Crippen LogP contribution in [0.5, 0.6) is 5.75 Å². The first kappa shape index (κ1) is 16.9. The monoisotopic (exact) mass is 296 g/mol. The van der Waals surface area contributed by atoms with Crippen molar-refractivity contribution in [3.05, 3.63) is 29.8 Å². The van der Waals surface area contributed by atoms with Gasteiger partial charge in [-0.2, -0.15) is 0 Å². The lowest BCUT2D eigenvalue weighted by molar-refractivity contribution is 0.0679. The normalized spacial score (nSPS) is 11.7. The molecule has 0 saturated carbocycles. The molecule has 3 N–H and O–H groups in total. The highest BCUT2D eigenvalue weighted by Crippen LogP contribution is 2.14. The number of rotatable bonds is 8. The highest BCUT2D eigenvalue weighted by molar-refractivity contribution is 7.80. The van der Waals surface area contributed by atoms with Crippen molar-refractivity contribution >= 4 is 17.2 Å². The van der Waals surface area contributed by atoms with E-state index < -0.39 is 0 Å². The van der Waals surface area contributed by atoms with Gasteiger partial charge in [0.1, 0.15) is 12.4 Å². The summed E-state index contributed by atoms with van der Waals surface area (Å²) in [6, 6.07) is 7.78. The van der Waals surface area contributed by atoms with Crippen LogP contribution in [-0.4, -0.2) is 47.3 Å². The second kappa shape index (κ2) is 7.57. The van der Waals surface area contributed by atoms with Gasteiger partial charge in [-0.05, 0) is 38.6 Å². The number of thiocarbonyl (C=S) groups is 1. The molecular weight excluding hydrogens is 272 g/mol. The maximum atomic E-state index is 9.28. The van der Waals surface area contributed by atoms with E-state index in [0.29, 0.717) is 18.0 Å². The van der Waals surface area contributed by atoms with E-state index in [9.17, 15) is 5.11 Å². The van der Waals surface area contributed by atoms with E-state index in [1.54, 1.807) is 0 Å². The summed E-state index contributed by atoms with van der Waals surface area (Å²) >= 11 is 4.88. The van der Waals surface area contributed by atoms with Crippen molar-refractivity contribution in [2.75, 3.05) is 26.8 Å². The van der Waals surface area contributed by atoms with Crippen molar-refractivity contribution < 1.29 is 9.84 Å². The Labute approximate surface area is 126 Å². The van der Waals surface area contributed by atoms with Crippen molar-refractivity contribution in [1.82, 2.24) is 4.90 Å². The molecule has 0 bridgehead atoms. The molecule has 0 radical (unpaired) electrons. The van der Waals surface area contributed by atoms with Gasteiger partial charge in [0.25, 0.3) is 0 Å². The van der Waals surface area contributed by atoms with Gasteiger partial charge in [-0.15, -0.1) is 0 Å². The number of aliphatic hydroxyl groups excluding tert-OH is 1. The van der Waals surface area contributed by atoms with Gasteiger partial charge in [0, 0.05) is 18.5 Å². The first-order valence-corrected chi connectivity index (χ1v) is 7.08. The second-order valence-corrected chi connectivity index (χ2v) is 6.05. The number of ether oxygens (including phenoxy) is 1. The SMILES string of the molecule is CN(CCOc1ccc(CC(N)=S)cc1)C(C)(C)CO. The first-order valence-electron chi connectivity index (χ1n) is 6.67. The Morgan fingerprint density at radius 3 is 2.45 bits per heavy atom. The first-order chi connectivity index (χ1) is 9.35. The zero-order valence-corrected chi connectivity index (χ0v) is 13.2. The molecule has 0 aliphatic heterocycles. The van der Waals surface area contributed by atoms with Crippen LogP contribution in [-0.2, 0) is 6.42 Å². The Bertz CT molecular complexity index is 432. The molecule has 112 valence electrons. The van der Waals surface area contributed by atoms with E-state index in [1.165, 1.54) is 0 Å². The standard InChI is InChI=1S/C15H24N2O2S/c1-15(2,11-18)17(3)8-9-19-13-6-4-12(5-7-13)10-14(16)20/h4-7,18H,8-11H2,1-3H3,(H2,16,20). The molecule has 0 atom stereocenters. The number of likely N-dealkylation sites (N-methyl/N-ethyl adjacent to an activating group) is 1. The fourth-order valence-electron chi connectivity index (χ4n) is 1.63. The Hall–Kier alpha value is -1.17. The highest BCUT2D eigenvalue weighted by atomic mass is 32.1. The molecule has 0 heterocycles. The van der Waals surface area contributed by atoms with E-state index in [2.05, 4.69) is 4.90 Å². The van der Waals surface area contributed by atoms with Crippen LogP contribution in [0.1, 0.15) is 19.4 Å². The quantitative estimate of drug-likeness (QED) is 0.714. The molecule has 0 unspecified atom stereocenters. The second-order valence-electron chi connectivity index (χ2n) is 5.53. The zero-order valence-electron chi connectivity index (χ0n) is 12.4. The molecule has 0 aliphatic rings. The average Bonchev–Trinajstić information content (AvgIpc) is 2.40. The maximum Gasteiger partial charge on any atom is 0.119 e. The average molecular weight is 296 g/mol. The molecule has 0 aromatic heterocycles. The van der Waals surface area contributed by atoms with E-state index in [1.807, 2.05) is 45.2 Å². The number of aliphatic hydroxyl groups is 1. The van der Waals surface area contributed by atoms with Crippen molar-refractivity contribution in [2.45, 2.75) is 25.8 Å². The topological polar surface area (TPSA) is 58.7 Å². The molecule has 0 amide bonds. The molecule has 1 rings (SSSR count). The number of hydrogen-bond donors (Lipinski definition) is 2. The summed E-state index contributed by atoms with van der Waals surface area (Å²) in [7, 11) is 1.98. The number of hydrogen-bond acceptors (Lipinski definition) is 4. The third kappa shape index (κ3) is 5.45. The van der Waals surface area contributed by atoms with Gasteiger partial charge in [-0.25, -0.2) is 0 Å². The fourth-order valence-corrected chi connectivity index (χ4v) is 1.80. The third-order valence-electron chi connectivity index (χ3n) is 3.42. The summed E-state index contributed by atoms with van der Waals surface area (Å²) < 4.78 is 5.69. The van der Waals surface area contributed by atoms with Crippen molar-refractivity contribution in [1.29, 1.82) is 0 Å². The van der Waals surface area contributed by atoms with Gasteiger partial charge in [0.2, 0.25) is 0 Å². The van der Waals surface area contributed by atoms with Gasteiger partial charge in [0.15, 0.2) is 0 Å². The van der Waals surface area contributed by atoms with Gasteiger partial charge in [-0.3, -0.25) is 4.90 Å². The zero-order chi connectivity index (χ0) is 15.2. The van der Waals surface area contributed by atoms with Gasteiger partial charge >= 0.3 is 0 Å². The van der Waals surface area contributed by atoms with Crippen molar-refractivity contribution in [2.24, 2.45) is 5.73 Å². The Morgan fingerprint density at radius 1 is 1.35 bits per heavy atom. The molecule has 0 aliphatic carbocycles. The van der Waals surface area contributed by atoms with Crippen LogP contribution in [0.4, 0.5) is 0 Å². The van der Waals surface area contributed by atoms with Crippen LogP contribution in [0, 0.1) is 0 Å². The highest BCUT2D eigenvalue weighted by Gasteiger charge is 2.21. The lowest BCUT2D eigenvalue weighted by Crippen LogP contribution is -2.45. The summed E-state index contributed by atoms with van der Waals surface area (Å²) in [5.74, 6) is 0.826. The third-order valence-corrected chi connectivity index (χ3v) is 3.56. The summed E-state index contributed by atoms with van der Waals surface area (Å²) in [5, 5.41) is 9.28. The van der Waals surface area contributed by atoms with Crippen molar-refractivity contribution in [3.63, 3.8) is 0 Å². The Balaban J connectivity index is 2.41. The number of benzene rings is 1. The van der Waals surface area contributed by atoms with Crippen LogP contribution in [0.15, 0.2) is 24.3 Å². The molecule has 0 spiro atoms. The van der Waals surface area contributed by atoms with Crippen LogP contribution >= 0.6 is 12.2 Å². The van der Waals surface area contributed by atoms with E-state index in [0.717, 1.165) is 17.9 Å². The predicted molar refractivity (Wildman–Crippen MR) is 86.2 cm³/mol. The van der Waals surface area contributed by atoms with E-state index in [-0.39, 0.29) is 12.1 Å². The molecule has 4 nitrogen and oxygen atoms in total. The molecule has 20 heavy (non-hydrogen) atoms. The predicted octanol–water partition coefficient (Wildman–Crippen LogP) is 1.60. The molecule has 5 heteroatoms. The minimum atomic E-state index is -0.232. The molecule has 1 aromatic carbocycles. The molecule has 0 fully saturated rings. The number of nitrogens with zero attached hydrogens (tertiary/aromatic N) is 1. The molecular formula is C15H24N2O2S. The minimum absolute atomic E-state index is 0.122. The van der Waals surface area contributed by atoms with Crippen LogP contribution in [0.25, 0.3) is 0 Å². The molecule has 0 saturated heterocycles. The Morgan fingerprint density at radius 2 is 1.95 bits per heavy atom. The fraction of sp³-hybridized carbons (Fsp3) is 0.533. The summed E-state index contributed by atoms with van der Waals surface area (Å²) in [6.07, 6.45) is 0.614. The van der Waals surface area contributed by atoms with Gasteiger partial charge in [-0.1, -0.05) is 24.4 Å². The largest absolute Gasteiger partial charge is 0.492 e. The summed E-state index contributed by atoms with van der Waals surface area (Å²) in [6.45, 7) is 5.45. The van der Waals surface area contributed by atoms with E-state index >= 15 is 0 Å².